The van der Waals surface area contributed by atoms with Crippen molar-refractivity contribution in [2.75, 3.05) is 0 Å². The molecule has 2 N–H and O–H groups in total. The molecule has 0 fully saturated rings. The predicted molar refractivity (Wildman–Crippen MR) is 98.8 cm³/mol. The van der Waals surface area contributed by atoms with Gasteiger partial charge in [-0.1, -0.05) is 19.9 Å². The molecular weight excluding hydrogens is 330 g/mol. The van der Waals surface area contributed by atoms with Crippen LogP contribution in [0.2, 0.25) is 0 Å². The minimum absolute atomic E-state index is 0.0551. The molecule has 26 heavy (non-hydrogen) atoms. The van der Waals surface area contributed by atoms with Gasteiger partial charge in [-0.25, -0.2) is 0 Å². The van der Waals surface area contributed by atoms with E-state index < -0.39 is 11.5 Å². The second kappa shape index (κ2) is 7.39. The number of pyridine rings is 2. The Balaban J connectivity index is 1.87. The van der Waals surface area contributed by atoms with Crippen molar-refractivity contribution >= 4 is 5.91 Å². The molecule has 3 heterocycles. The van der Waals surface area contributed by atoms with Gasteiger partial charge in [-0.15, -0.1) is 0 Å². The maximum atomic E-state index is 12.7. The SMILES string of the molecule is Cc1cccnc1[C@@H](NC(=O)c1ccc(-c2ccco2)[nH]c1=O)C(C)C. The Morgan fingerprint density at radius 3 is 2.62 bits per heavy atom. The number of rotatable bonds is 5. The third-order valence-corrected chi connectivity index (χ3v) is 4.24. The molecule has 0 unspecified atom stereocenters. The van der Waals surface area contributed by atoms with Crippen molar-refractivity contribution in [3.63, 3.8) is 0 Å². The Kier molecular flexibility index (Phi) is 5.02. The number of amides is 1. The molecule has 0 spiro atoms. The van der Waals surface area contributed by atoms with Crippen LogP contribution in [0, 0.1) is 12.8 Å². The van der Waals surface area contributed by atoms with Crippen molar-refractivity contribution < 1.29 is 9.21 Å². The Labute approximate surface area is 151 Å². The zero-order valence-corrected chi connectivity index (χ0v) is 14.9. The number of aryl methyl sites for hydroxylation is 1. The summed E-state index contributed by atoms with van der Waals surface area (Å²) in [5.41, 5.74) is 1.92. The number of aromatic amines is 1. The summed E-state index contributed by atoms with van der Waals surface area (Å²) in [6.07, 6.45) is 3.23. The Morgan fingerprint density at radius 2 is 2.00 bits per heavy atom. The van der Waals surface area contributed by atoms with Crippen molar-refractivity contribution in [2.24, 2.45) is 5.92 Å². The fourth-order valence-corrected chi connectivity index (χ4v) is 2.82. The van der Waals surface area contributed by atoms with Crippen LogP contribution in [-0.4, -0.2) is 15.9 Å². The van der Waals surface area contributed by atoms with E-state index in [-0.39, 0.29) is 17.5 Å². The molecule has 134 valence electrons. The molecule has 0 aliphatic heterocycles. The Bertz CT molecular complexity index is 958. The van der Waals surface area contributed by atoms with Crippen LogP contribution in [0.4, 0.5) is 0 Å². The number of H-pyrrole nitrogens is 1. The molecule has 3 aromatic heterocycles. The van der Waals surface area contributed by atoms with E-state index >= 15 is 0 Å². The number of nitrogens with one attached hydrogen (secondary N) is 2. The summed E-state index contributed by atoms with van der Waals surface area (Å²) in [4.78, 5) is 32.1. The fraction of sp³-hybridized carbons (Fsp3) is 0.250. The molecular formula is C20H21N3O3. The summed E-state index contributed by atoms with van der Waals surface area (Å²) in [7, 11) is 0. The molecule has 1 atom stereocenters. The molecule has 3 rings (SSSR count). The van der Waals surface area contributed by atoms with Crippen molar-refractivity contribution in [1.82, 2.24) is 15.3 Å². The number of carbonyl (C=O) groups is 1. The largest absolute Gasteiger partial charge is 0.463 e. The first-order chi connectivity index (χ1) is 12.5. The summed E-state index contributed by atoms with van der Waals surface area (Å²) in [5.74, 6) is 0.230. The summed E-state index contributed by atoms with van der Waals surface area (Å²) in [6, 6.07) is 10.2. The standard InChI is InChI=1S/C20H21N3O3/c1-12(2)17(18-13(3)6-4-10-21-18)23-20(25)14-8-9-15(22-19(14)24)16-7-5-11-26-16/h4-12,17H,1-3H3,(H,22,24)(H,23,25)/t17-/m0/s1. The van der Waals surface area contributed by atoms with Gasteiger partial charge in [-0.2, -0.15) is 0 Å². The van der Waals surface area contributed by atoms with E-state index in [1.165, 1.54) is 12.3 Å². The van der Waals surface area contributed by atoms with E-state index in [9.17, 15) is 9.59 Å². The third kappa shape index (κ3) is 3.59. The van der Waals surface area contributed by atoms with E-state index in [0.29, 0.717) is 11.5 Å². The number of aromatic nitrogens is 2. The van der Waals surface area contributed by atoms with Crippen LogP contribution in [0.3, 0.4) is 0 Å². The van der Waals surface area contributed by atoms with Crippen molar-refractivity contribution in [1.29, 1.82) is 0 Å². The van der Waals surface area contributed by atoms with Gasteiger partial charge in [0.05, 0.1) is 23.7 Å². The third-order valence-electron chi connectivity index (χ3n) is 4.24. The lowest BCUT2D eigenvalue weighted by atomic mass is 9.97. The molecule has 6 heteroatoms. The summed E-state index contributed by atoms with van der Waals surface area (Å²) >= 11 is 0. The first kappa shape index (κ1) is 17.7. The highest BCUT2D eigenvalue weighted by molar-refractivity contribution is 5.94. The van der Waals surface area contributed by atoms with Crippen LogP contribution in [-0.2, 0) is 0 Å². The molecule has 0 radical (unpaired) electrons. The summed E-state index contributed by atoms with van der Waals surface area (Å²) in [6.45, 7) is 5.96. The highest BCUT2D eigenvalue weighted by atomic mass is 16.3. The first-order valence-corrected chi connectivity index (χ1v) is 8.47. The highest BCUT2D eigenvalue weighted by Crippen LogP contribution is 2.23. The lowest BCUT2D eigenvalue weighted by molar-refractivity contribution is 0.0922. The molecule has 0 aliphatic rings. The predicted octanol–water partition coefficient (Wildman–Crippen LogP) is 3.47. The fourth-order valence-electron chi connectivity index (χ4n) is 2.82. The van der Waals surface area contributed by atoms with Gasteiger partial charge in [-0.05, 0) is 48.7 Å². The molecule has 0 bridgehead atoms. The topological polar surface area (TPSA) is 88.0 Å². The molecule has 0 saturated carbocycles. The number of carbonyl (C=O) groups excluding carboxylic acids is 1. The molecule has 3 aromatic rings. The van der Waals surface area contributed by atoms with E-state index in [1.807, 2.05) is 32.9 Å². The van der Waals surface area contributed by atoms with Crippen LogP contribution < -0.4 is 10.9 Å². The number of hydrogen-bond donors (Lipinski definition) is 2. The van der Waals surface area contributed by atoms with Gasteiger partial charge in [-0.3, -0.25) is 14.6 Å². The van der Waals surface area contributed by atoms with Crippen LogP contribution in [0.25, 0.3) is 11.5 Å². The lowest BCUT2D eigenvalue weighted by Gasteiger charge is -2.23. The number of furan rings is 1. The average molecular weight is 351 g/mol. The van der Waals surface area contributed by atoms with Gasteiger partial charge in [0.15, 0.2) is 0 Å². The lowest BCUT2D eigenvalue weighted by Crippen LogP contribution is -2.35. The zero-order valence-electron chi connectivity index (χ0n) is 14.9. The Hall–Kier alpha value is -3.15. The monoisotopic (exact) mass is 351 g/mol. The molecule has 1 amide bonds. The van der Waals surface area contributed by atoms with E-state index in [4.69, 9.17) is 4.42 Å². The molecule has 0 aliphatic carbocycles. The highest BCUT2D eigenvalue weighted by Gasteiger charge is 2.23. The van der Waals surface area contributed by atoms with Crippen molar-refractivity contribution in [3.8, 4) is 11.5 Å². The van der Waals surface area contributed by atoms with E-state index in [2.05, 4.69) is 15.3 Å². The smallest absolute Gasteiger partial charge is 0.261 e. The maximum Gasteiger partial charge on any atom is 0.261 e. The van der Waals surface area contributed by atoms with Gasteiger partial charge in [0.1, 0.15) is 11.3 Å². The first-order valence-electron chi connectivity index (χ1n) is 8.47. The van der Waals surface area contributed by atoms with Crippen LogP contribution in [0.5, 0.6) is 0 Å². The van der Waals surface area contributed by atoms with Crippen molar-refractivity contribution in [2.45, 2.75) is 26.8 Å². The minimum atomic E-state index is -0.461. The van der Waals surface area contributed by atoms with E-state index in [0.717, 1.165) is 11.3 Å². The average Bonchev–Trinajstić information content (AvgIpc) is 3.14. The van der Waals surface area contributed by atoms with Crippen molar-refractivity contribution in [3.05, 3.63) is 76.0 Å². The Morgan fingerprint density at radius 1 is 1.19 bits per heavy atom. The second-order valence-corrected chi connectivity index (χ2v) is 6.49. The van der Waals surface area contributed by atoms with Gasteiger partial charge in [0, 0.05) is 6.20 Å². The van der Waals surface area contributed by atoms with Gasteiger partial charge >= 0.3 is 0 Å². The van der Waals surface area contributed by atoms with Crippen LogP contribution >= 0.6 is 0 Å². The molecule has 0 aromatic carbocycles. The van der Waals surface area contributed by atoms with E-state index in [1.54, 1.807) is 24.4 Å². The van der Waals surface area contributed by atoms with Gasteiger partial charge in [0.25, 0.3) is 11.5 Å². The summed E-state index contributed by atoms with van der Waals surface area (Å²) in [5, 5.41) is 2.94. The normalized spacial score (nSPS) is 12.2. The van der Waals surface area contributed by atoms with Gasteiger partial charge in [0.2, 0.25) is 0 Å². The molecule has 0 saturated heterocycles. The zero-order chi connectivity index (χ0) is 18.7. The summed E-state index contributed by atoms with van der Waals surface area (Å²) < 4.78 is 5.26. The molecule has 6 nitrogen and oxygen atoms in total. The van der Waals surface area contributed by atoms with Gasteiger partial charge < -0.3 is 14.7 Å². The number of hydrogen-bond acceptors (Lipinski definition) is 4. The number of nitrogens with zero attached hydrogens (tertiary/aromatic N) is 1. The van der Waals surface area contributed by atoms with Crippen LogP contribution in [0.1, 0.15) is 41.5 Å². The quantitative estimate of drug-likeness (QED) is 0.737. The van der Waals surface area contributed by atoms with Crippen LogP contribution in [0.15, 0.2) is 58.1 Å². The second-order valence-electron chi connectivity index (χ2n) is 6.49. The minimum Gasteiger partial charge on any atom is -0.463 e. The maximum absolute atomic E-state index is 12.7.